The van der Waals surface area contributed by atoms with Crippen molar-refractivity contribution in [3.8, 4) is 28.2 Å². The predicted molar refractivity (Wildman–Crippen MR) is 92.0 cm³/mol. The van der Waals surface area contributed by atoms with E-state index in [0.717, 1.165) is 10.8 Å². The smallest absolute Gasteiger partial charge is 0.141 e. The van der Waals surface area contributed by atoms with Gasteiger partial charge in [-0.05, 0) is 18.2 Å². The molecule has 114 valence electrons. The van der Waals surface area contributed by atoms with Crippen molar-refractivity contribution in [3.63, 3.8) is 0 Å². The highest BCUT2D eigenvalue weighted by atomic mass is 32.1. The molecule has 0 saturated carbocycles. The summed E-state index contributed by atoms with van der Waals surface area (Å²) < 4.78 is 0. The topological polar surface area (TPSA) is 91.7 Å². The van der Waals surface area contributed by atoms with Crippen LogP contribution in [0.25, 0.3) is 22.1 Å². The number of aromatic nitrogens is 3. The van der Waals surface area contributed by atoms with Crippen LogP contribution >= 0.6 is 11.3 Å². The van der Waals surface area contributed by atoms with Crippen molar-refractivity contribution < 1.29 is 0 Å². The highest BCUT2D eigenvalue weighted by Gasteiger charge is 2.16. The minimum atomic E-state index is 0.328. The van der Waals surface area contributed by atoms with E-state index in [4.69, 9.17) is 5.73 Å². The number of hydrogen-bond acceptors (Lipinski definition) is 7. The van der Waals surface area contributed by atoms with Crippen molar-refractivity contribution in [2.45, 2.75) is 0 Å². The minimum absolute atomic E-state index is 0.328. The van der Waals surface area contributed by atoms with Crippen LogP contribution in [-0.2, 0) is 0 Å². The van der Waals surface area contributed by atoms with Gasteiger partial charge >= 0.3 is 0 Å². The van der Waals surface area contributed by atoms with Crippen molar-refractivity contribution in [3.05, 3.63) is 41.4 Å². The number of thiazole rings is 1. The third-order valence-corrected chi connectivity index (χ3v) is 4.04. The van der Waals surface area contributed by atoms with E-state index in [1.165, 1.54) is 11.3 Å². The second-order valence-electron chi connectivity index (χ2n) is 5.04. The predicted octanol–water partition coefficient (Wildman–Crippen LogP) is 2.79. The molecule has 6 nitrogen and oxygen atoms in total. The second kappa shape index (κ2) is 6.02. The summed E-state index contributed by atoms with van der Waals surface area (Å²) in [5.41, 5.74) is 8.48. The van der Waals surface area contributed by atoms with Crippen LogP contribution in [0.4, 0.5) is 11.5 Å². The third-order valence-electron chi connectivity index (χ3n) is 3.25. The van der Waals surface area contributed by atoms with Gasteiger partial charge in [-0.2, -0.15) is 5.26 Å². The maximum Gasteiger partial charge on any atom is 0.141 e. The Morgan fingerprint density at radius 2 is 2.04 bits per heavy atom. The van der Waals surface area contributed by atoms with E-state index in [0.29, 0.717) is 28.3 Å². The fourth-order valence-electron chi connectivity index (χ4n) is 2.13. The zero-order chi connectivity index (χ0) is 16.4. The first-order valence-corrected chi connectivity index (χ1v) is 7.73. The number of nitrogens with zero attached hydrogens (tertiary/aromatic N) is 5. The highest BCUT2D eigenvalue weighted by Crippen LogP contribution is 2.30. The molecule has 3 aromatic heterocycles. The van der Waals surface area contributed by atoms with E-state index in [1.807, 2.05) is 42.6 Å². The third kappa shape index (κ3) is 2.84. The van der Waals surface area contributed by atoms with Crippen LogP contribution in [0.5, 0.6) is 0 Å². The van der Waals surface area contributed by atoms with Crippen molar-refractivity contribution in [1.82, 2.24) is 15.0 Å². The summed E-state index contributed by atoms with van der Waals surface area (Å²) in [4.78, 5) is 15.3. The zero-order valence-corrected chi connectivity index (χ0v) is 13.5. The molecule has 0 fully saturated rings. The van der Waals surface area contributed by atoms with Gasteiger partial charge in [0.1, 0.15) is 33.8 Å². The summed E-state index contributed by atoms with van der Waals surface area (Å²) in [5.74, 6) is 0.784. The lowest BCUT2D eigenvalue weighted by Gasteiger charge is -2.13. The van der Waals surface area contributed by atoms with Crippen LogP contribution in [0.2, 0.25) is 0 Å². The average Bonchev–Trinajstić information content (AvgIpc) is 3.08. The maximum absolute atomic E-state index is 9.44. The van der Waals surface area contributed by atoms with E-state index in [1.54, 1.807) is 12.3 Å². The quantitative estimate of drug-likeness (QED) is 0.797. The summed E-state index contributed by atoms with van der Waals surface area (Å²) in [6.07, 6.45) is 1.71. The van der Waals surface area contributed by atoms with Crippen molar-refractivity contribution in [1.29, 1.82) is 5.26 Å². The minimum Gasteiger partial charge on any atom is -0.398 e. The Labute approximate surface area is 137 Å². The van der Waals surface area contributed by atoms with Gasteiger partial charge in [0, 0.05) is 25.7 Å². The van der Waals surface area contributed by atoms with Crippen molar-refractivity contribution >= 4 is 22.8 Å². The average molecular weight is 322 g/mol. The molecule has 3 aromatic rings. The Morgan fingerprint density at radius 1 is 1.22 bits per heavy atom. The molecule has 0 amide bonds. The lowest BCUT2D eigenvalue weighted by Crippen LogP contribution is -2.11. The molecular formula is C16H14N6S. The van der Waals surface area contributed by atoms with E-state index >= 15 is 0 Å². The molecule has 0 saturated heterocycles. The van der Waals surface area contributed by atoms with Gasteiger partial charge in [0.25, 0.3) is 0 Å². The molecule has 0 unspecified atom stereocenters. The normalized spacial score (nSPS) is 10.3. The van der Waals surface area contributed by atoms with Gasteiger partial charge in [0.05, 0.1) is 11.4 Å². The number of rotatable bonds is 3. The molecule has 3 rings (SSSR count). The van der Waals surface area contributed by atoms with Gasteiger partial charge in [-0.3, -0.25) is 0 Å². The molecule has 2 N–H and O–H groups in total. The summed E-state index contributed by atoms with van der Waals surface area (Å²) >= 11 is 1.47. The summed E-state index contributed by atoms with van der Waals surface area (Å²) in [6, 6.07) is 9.40. The van der Waals surface area contributed by atoms with Gasteiger partial charge < -0.3 is 10.6 Å². The molecule has 23 heavy (non-hydrogen) atoms. The van der Waals surface area contributed by atoms with Crippen LogP contribution in [0.15, 0.2) is 35.8 Å². The van der Waals surface area contributed by atoms with E-state index in [2.05, 4.69) is 21.0 Å². The Bertz CT molecular complexity index is 880. The summed E-state index contributed by atoms with van der Waals surface area (Å²) in [5, 5.41) is 12.1. The fourth-order valence-corrected chi connectivity index (χ4v) is 2.73. The maximum atomic E-state index is 9.44. The lowest BCUT2D eigenvalue weighted by molar-refractivity contribution is 1.07. The molecule has 0 atom stereocenters. The van der Waals surface area contributed by atoms with Gasteiger partial charge in [0.2, 0.25) is 0 Å². The zero-order valence-electron chi connectivity index (χ0n) is 12.7. The highest BCUT2D eigenvalue weighted by molar-refractivity contribution is 7.13. The first kappa shape index (κ1) is 14.9. The van der Waals surface area contributed by atoms with Crippen LogP contribution < -0.4 is 10.6 Å². The van der Waals surface area contributed by atoms with Gasteiger partial charge in [-0.25, -0.2) is 15.0 Å². The van der Waals surface area contributed by atoms with Crippen LogP contribution in [0.3, 0.4) is 0 Å². The Kier molecular flexibility index (Phi) is 3.91. The Balaban J connectivity index is 2.21. The van der Waals surface area contributed by atoms with E-state index in [9.17, 15) is 5.26 Å². The molecule has 0 aliphatic heterocycles. The molecule has 0 spiro atoms. The van der Waals surface area contributed by atoms with Gasteiger partial charge in [0.15, 0.2) is 0 Å². The molecule has 0 aliphatic carbocycles. The second-order valence-corrected chi connectivity index (χ2v) is 5.94. The van der Waals surface area contributed by atoms with Crippen molar-refractivity contribution in [2.75, 3.05) is 24.7 Å². The first-order valence-electron chi connectivity index (χ1n) is 6.85. The van der Waals surface area contributed by atoms with E-state index < -0.39 is 0 Å². The summed E-state index contributed by atoms with van der Waals surface area (Å²) in [6.45, 7) is 0. The number of anilines is 2. The number of hydrogen-bond donors (Lipinski definition) is 1. The standard InChI is InChI=1S/C16H14N6S/c1-22(2)14-5-3-4-12(20-14)15-10(9-17)11(18)8-13(21-15)16-19-6-7-23-16/h3-8H,1-2H3,(H2,18,21). The molecule has 7 heteroatoms. The van der Waals surface area contributed by atoms with Crippen LogP contribution in [0.1, 0.15) is 5.56 Å². The Hall–Kier alpha value is -2.98. The van der Waals surface area contributed by atoms with Gasteiger partial charge in [-0.1, -0.05) is 6.07 Å². The lowest BCUT2D eigenvalue weighted by atomic mass is 10.1. The van der Waals surface area contributed by atoms with Crippen molar-refractivity contribution in [2.24, 2.45) is 0 Å². The monoisotopic (exact) mass is 322 g/mol. The molecule has 3 heterocycles. The summed E-state index contributed by atoms with van der Waals surface area (Å²) in [7, 11) is 3.82. The number of nitrogen functional groups attached to an aromatic ring is 1. The first-order chi connectivity index (χ1) is 11.1. The molecule has 0 aliphatic rings. The Morgan fingerprint density at radius 3 is 2.70 bits per heavy atom. The molecular weight excluding hydrogens is 308 g/mol. The number of nitriles is 1. The number of pyridine rings is 2. The van der Waals surface area contributed by atoms with Gasteiger partial charge in [-0.15, -0.1) is 11.3 Å². The SMILES string of the molecule is CN(C)c1cccc(-c2nc(-c3nccs3)cc(N)c2C#N)n1. The number of nitrogens with two attached hydrogens (primary N) is 1. The van der Waals surface area contributed by atoms with Crippen LogP contribution in [0, 0.1) is 11.3 Å². The molecule has 0 aromatic carbocycles. The van der Waals surface area contributed by atoms with Crippen LogP contribution in [-0.4, -0.2) is 29.0 Å². The molecule has 0 bridgehead atoms. The van der Waals surface area contributed by atoms with E-state index in [-0.39, 0.29) is 0 Å². The fraction of sp³-hybridized carbons (Fsp3) is 0.125. The largest absolute Gasteiger partial charge is 0.398 e. The molecule has 0 radical (unpaired) electrons.